The van der Waals surface area contributed by atoms with Crippen molar-refractivity contribution in [3.8, 4) is 0 Å². The lowest BCUT2D eigenvalue weighted by molar-refractivity contribution is -0.138. The second-order valence-electron chi connectivity index (χ2n) is 3.98. The molecule has 1 aromatic rings. The van der Waals surface area contributed by atoms with Gasteiger partial charge in [-0.2, -0.15) is 0 Å². The SMILES string of the molecule is C=C(CN[C@H](C)c1ccc(F)cc1)C(=O)OCC. The van der Waals surface area contributed by atoms with Gasteiger partial charge in [-0.1, -0.05) is 18.7 Å². The molecule has 0 radical (unpaired) electrons. The lowest BCUT2D eigenvalue weighted by Crippen LogP contribution is -2.24. The molecule has 0 saturated heterocycles. The highest BCUT2D eigenvalue weighted by molar-refractivity contribution is 5.88. The predicted molar refractivity (Wildman–Crippen MR) is 68.6 cm³/mol. The summed E-state index contributed by atoms with van der Waals surface area (Å²) in [4.78, 5) is 11.3. The first-order valence-electron chi connectivity index (χ1n) is 5.88. The number of hydrogen-bond donors (Lipinski definition) is 1. The van der Waals surface area contributed by atoms with Gasteiger partial charge in [0.15, 0.2) is 0 Å². The van der Waals surface area contributed by atoms with Crippen LogP contribution in [0.5, 0.6) is 0 Å². The molecule has 0 heterocycles. The maximum Gasteiger partial charge on any atom is 0.334 e. The molecular formula is C14H18FNO2. The Morgan fingerprint density at radius 1 is 1.44 bits per heavy atom. The van der Waals surface area contributed by atoms with Crippen molar-refractivity contribution in [1.29, 1.82) is 0 Å². The molecule has 0 aliphatic heterocycles. The van der Waals surface area contributed by atoms with Crippen LogP contribution in [0.4, 0.5) is 4.39 Å². The number of esters is 1. The Morgan fingerprint density at radius 2 is 2.06 bits per heavy atom. The summed E-state index contributed by atoms with van der Waals surface area (Å²) in [5.41, 5.74) is 1.33. The fourth-order valence-electron chi connectivity index (χ4n) is 1.45. The van der Waals surface area contributed by atoms with Crippen LogP contribution < -0.4 is 5.32 Å². The van der Waals surface area contributed by atoms with Crippen LogP contribution in [0.25, 0.3) is 0 Å². The second kappa shape index (κ2) is 6.91. The zero-order chi connectivity index (χ0) is 13.5. The van der Waals surface area contributed by atoms with Crippen LogP contribution in [0, 0.1) is 5.82 Å². The number of halogens is 1. The Bertz CT molecular complexity index is 414. The van der Waals surface area contributed by atoms with Gasteiger partial charge in [-0.15, -0.1) is 0 Å². The van der Waals surface area contributed by atoms with Crippen molar-refractivity contribution in [3.05, 3.63) is 47.8 Å². The largest absolute Gasteiger partial charge is 0.463 e. The van der Waals surface area contributed by atoms with E-state index >= 15 is 0 Å². The Labute approximate surface area is 107 Å². The van der Waals surface area contributed by atoms with Crippen LogP contribution >= 0.6 is 0 Å². The second-order valence-corrected chi connectivity index (χ2v) is 3.98. The summed E-state index contributed by atoms with van der Waals surface area (Å²) in [6.07, 6.45) is 0. The van der Waals surface area contributed by atoms with E-state index in [0.29, 0.717) is 18.7 Å². The number of carbonyl (C=O) groups is 1. The van der Waals surface area contributed by atoms with Crippen molar-refractivity contribution < 1.29 is 13.9 Å². The summed E-state index contributed by atoms with van der Waals surface area (Å²) >= 11 is 0. The van der Waals surface area contributed by atoms with Gasteiger partial charge in [0.05, 0.1) is 6.61 Å². The summed E-state index contributed by atoms with van der Waals surface area (Å²) in [7, 11) is 0. The zero-order valence-electron chi connectivity index (χ0n) is 10.7. The topological polar surface area (TPSA) is 38.3 Å². The van der Waals surface area contributed by atoms with Crippen molar-refractivity contribution in [2.75, 3.05) is 13.2 Å². The van der Waals surface area contributed by atoms with E-state index in [9.17, 15) is 9.18 Å². The van der Waals surface area contributed by atoms with E-state index in [1.54, 1.807) is 19.1 Å². The third-order valence-corrected chi connectivity index (χ3v) is 2.56. The molecule has 0 unspecified atom stereocenters. The first kappa shape index (κ1) is 14.4. The van der Waals surface area contributed by atoms with Gasteiger partial charge in [0.25, 0.3) is 0 Å². The summed E-state index contributed by atoms with van der Waals surface area (Å²) < 4.78 is 17.6. The van der Waals surface area contributed by atoms with Gasteiger partial charge in [-0.25, -0.2) is 9.18 Å². The average Bonchev–Trinajstić information content (AvgIpc) is 2.36. The molecule has 18 heavy (non-hydrogen) atoms. The highest BCUT2D eigenvalue weighted by Crippen LogP contribution is 2.12. The summed E-state index contributed by atoms with van der Waals surface area (Å²) in [6, 6.07) is 6.25. The molecule has 0 saturated carbocycles. The molecule has 0 spiro atoms. The van der Waals surface area contributed by atoms with Crippen LogP contribution in [0.3, 0.4) is 0 Å². The van der Waals surface area contributed by atoms with Crippen LogP contribution in [-0.4, -0.2) is 19.1 Å². The highest BCUT2D eigenvalue weighted by atomic mass is 19.1. The third-order valence-electron chi connectivity index (χ3n) is 2.56. The lowest BCUT2D eigenvalue weighted by atomic mass is 10.1. The van der Waals surface area contributed by atoms with Crippen LogP contribution in [-0.2, 0) is 9.53 Å². The van der Waals surface area contributed by atoms with Gasteiger partial charge in [-0.3, -0.25) is 0 Å². The van der Waals surface area contributed by atoms with Crippen molar-refractivity contribution >= 4 is 5.97 Å². The molecule has 98 valence electrons. The number of rotatable bonds is 6. The molecule has 1 atom stereocenters. The van der Waals surface area contributed by atoms with Gasteiger partial charge in [0.1, 0.15) is 5.82 Å². The molecule has 1 rings (SSSR count). The summed E-state index contributed by atoms with van der Waals surface area (Å²) in [6.45, 7) is 8.03. The third kappa shape index (κ3) is 4.30. The van der Waals surface area contributed by atoms with E-state index in [4.69, 9.17) is 4.74 Å². The van der Waals surface area contributed by atoms with E-state index < -0.39 is 5.97 Å². The summed E-state index contributed by atoms with van der Waals surface area (Å²) in [5, 5.41) is 3.13. The first-order valence-corrected chi connectivity index (χ1v) is 5.88. The minimum absolute atomic E-state index is 0.0109. The molecule has 1 N–H and O–H groups in total. The van der Waals surface area contributed by atoms with E-state index in [-0.39, 0.29) is 11.9 Å². The van der Waals surface area contributed by atoms with Crippen LogP contribution in [0.1, 0.15) is 25.5 Å². The molecule has 4 heteroatoms. The fourth-order valence-corrected chi connectivity index (χ4v) is 1.45. The molecule has 0 aromatic heterocycles. The Hall–Kier alpha value is -1.68. The highest BCUT2D eigenvalue weighted by Gasteiger charge is 2.10. The van der Waals surface area contributed by atoms with Gasteiger partial charge in [0.2, 0.25) is 0 Å². The average molecular weight is 251 g/mol. The van der Waals surface area contributed by atoms with Crippen LogP contribution in [0.15, 0.2) is 36.4 Å². The van der Waals surface area contributed by atoms with E-state index in [1.807, 2.05) is 6.92 Å². The molecule has 0 amide bonds. The van der Waals surface area contributed by atoms with Gasteiger partial charge >= 0.3 is 5.97 Å². The maximum atomic E-state index is 12.8. The van der Waals surface area contributed by atoms with Gasteiger partial charge in [0, 0.05) is 18.2 Å². The Balaban J connectivity index is 2.46. The van der Waals surface area contributed by atoms with Crippen molar-refractivity contribution in [1.82, 2.24) is 5.32 Å². The molecular weight excluding hydrogens is 233 g/mol. The number of ether oxygens (including phenoxy) is 1. The number of nitrogens with one attached hydrogen (secondary N) is 1. The van der Waals surface area contributed by atoms with E-state index in [2.05, 4.69) is 11.9 Å². The molecule has 0 fully saturated rings. The minimum Gasteiger partial charge on any atom is -0.463 e. The standard InChI is InChI=1S/C14H18FNO2/c1-4-18-14(17)10(2)9-16-11(3)12-5-7-13(15)8-6-12/h5-8,11,16H,2,4,9H2,1,3H3/t11-/m1/s1. The monoisotopic (exact) mass is 251 g/mol. The minimum atomic E-state index is -0.392. The maximum absolute atomic E-state index is 12.8. The smallest absolute Gasteiger partial charge is 0.334 e. The summed E-state index contributed by atoms with van der Waals surface area (Å²) in [5.74, 6) is -0.654. The fraction of sp³-hybridized carbons (Fsp3) is 0.357. The van der Waals surface area contributed by atoms with Gasteiger partial charge < -0.3 is 10.1 Å². The molecule has 0 aliphatic carbocycles. The lowest BCUT2D eigenvalue weighted by Gasteiger charge is -2.14. The zero-order valence-corrected chi connectivity index (χ0v) is 10.7. The van der Waals surface area contributed by atoms with Crippen molar-refractivity contribution in [2.45, 2.75) is 19.9 Å². The molecule has 0 aliphatic rings. The molecule has 3 nitrogen and oxygen atoms in total. The number of hydrogen-bond acceptors (Lipinski definition) is 3. The molecule has 1 aromatic carbocycles. The number of carbonyl (C=O) groups excluding carboxylic acids is 1. The first-order chi connectivity index (χ1) is 8.54. The van der Waals surface area contributed by atoms with Crippen molar-refractivity contribution in [2.24, 2.45) is 0 Å². The van der Waals surface area contributed by atoms with E-state index in [0.717, 1.165) is 5.56 Å². The predicted octanol–water partition coefficient (Wildman–Crippen LogP) is 2.60. The quantitative estimate of drug-likeness (QED) is 0.624. The number of benzene rings is 1. The molecule has 0 bridgehead atoms. The van der Waals surface area contributed by atoms with Crippen LogP contribution in [0.2, 0.25) is 0 Å². The van der Waals surface area contributed by atoms with Crippen molar-refractivity contribution in [3.63, 3.8) is 0 Å². The Kier molecular flexibility index (Phi) is 5.52. The normalized spacial score (nSPS) is 11.9. The Morgan fingerprint density at radius 3 is 2.61 bits per heavy atom. The van der Waals surface area contributed by atoms with E-state index in [1.165, 1.54) is 12.1 Å². The van der Waals surface area contributed by atoms with Gasteiger partial charge in [-0.05, 0) is 31.5 Å².